The van der Waals surface area contributed by atoms with Crippen LogP contribution in [0.25, 0.3) is 6.08 Å². The molecule has 0 aliphatic carbocycles. The number of non-ortho nitro benzene ring substituents is 1. The van der Waals surface area contributed by atoms with Crippen molar-refractivity contribution in [1.29, 1.82) is 0 Å². The molecule has 2 rings (SSSR count). The second-order valence-electron chi connectivity index (χ2n) is 3.59. The van der Waals surface area contributed by atoms with E-state index in [-0.39, 0.29) is 17.6 Å². The van der Waals surface area contributed by atoms with Gasteiger partial charge in [-0.25, -0.2) is 0 Å². The van der Waals surface area contributed by atoms with Gasteiger partial charge in [-0.3, -0.25) is 14.9 Å². The lowest BCUT2D eigenvalue weighted by atomic mass is 10.0. The van der Waals surface area contributed by atoms with Crippen LogP contribution in [0.5, 0.6) is 0 Å². The van der Waals surface area contributed by atoms with E-state index < -0.39 is 4.92 Å². The van der Waals surface area contributed by atoms with E-state index in [0.29, 0.717) is 6.42 Å². The number of benzene rings is 1. The van der Waals surface area contributed by atoms with E-state index in [1.54, 1.807) is 18.2 Å². The highest BCUT2D eigenvalue weighted by atomic mass is 16.6. The van der Waals surface area contributed by atoms with Crippen LogP contribution >= 0.6 is 0 Å². The van der Waals surface area contributed by atoms with Crippen LogP contribution in [0, 0.1) is 10.1 Å². The van der Waals surface area contributed by atoms with E-state index in [1.807, 2.05) is 6.08 Å². The van der Waals surface area contributed by atoms with Crippen molar-refractivity contribution in [2.45, 2.75) is 12.5 Å². The first kappa shape index (κ1) is 10.4. The Morgan fingerprint density at radius 3 is 2.88 bits per heavy atom. The Balaban J connectivity index is 2.06. The van der Waals surface area contributed by atoms with Gasteiger partial charge < -0.3 is 5.32 Å². The minimum absolute atomic E-state index is 0.0358. The van der Waals surface area contributed by atoms with Gasteiger partial charge in [0.25, 0.3) is 5.69 Å². The molecule has 1 aromatic carbocycles. The molecule has 1 aliphatic rings. The van der Waals surface area contributed by atoms with Crippen molar-refractivity contribution < 1.29 is 9.72 Å². The smallest absolute Gasteiger partial charge is 0.270 e. The molecular weight excluding hydrogens is 208 g/mol. The molecule has 1 aliphatic heterocycles. The number of rotatable bonds is 3. The normalized spacial score (nSPS) is 19.2. The Morgan fingerprint density at radius 1 is 1.50 bits per heavy atom. The topological polar surface area (TPSA) is 72.2 Å². The first-order valence-electron chi connectivity index (χ1n) is 4.87. The molecule has 1 heterocycles. The third-order valence-corrected chi connectivity index (χ3v) is 2.35. The van der Waals surface area contributed by atoms with Crippen molar-refractivity contribution in [3.8, 4) is 0 Å². The van der Waals surface area contributed by atoms with Crippen LogP contribution in [0.1, 0.15) is 12.0 Å². The van der Waals surface area contributed by atoms with Crippen LogP contribution in [-0.4, -0.2) is 16.9 Å². The largest absolute Gasteiger partial charge is 0.349 e. The van der Waals surface area contributed by atoms with Gasteiger partial charge in [-0.05, 0) is 5.56 Å². The summed E-state index contributed by atoms with van der Waals surface area (Å²) >= 11 is 0. The molecule has 1 fully saturated rings. The lowest BCUT2D eigenvalue weighted by Crippen LogP contribution is -2.46. The molecule has 16 heavy (non-hydrogen) atoms. The molecule has 1 atom stereocenters. The molecule has 5 nitrogen and oxygen atoms in total. The van der Waals surface area contributed by atoms with E-state index in [2.05, 4.69) is 5.32 Å². The zero-order valence-electron chi connectivity index (χ0n) is 8.42. The van der Waals surface area contributed by atoms with Gasteiger partial charge in [0.1, 0.15) is 0 Å². The van der Waals surface area contributed by atoms with Crippen molar-refractivity contribution in [3.63, 3.8) is 0 Å². The standard InChI is InChI=1S/C11H10N2O3/c14-11-7-9(12-11)5-4-8-2-1-3-10(6-8)13(15)16/h1-6,9H,7H2,(H,12,14)/b5-4+. The molecule has 1 amide bonds. The summed E-state index contributed by atoms with van der Waals surface area (Å²) in [4.78, 5) is 20.7. The number of carbonyl (C=O) groups is 1. The van der Waals surface area contributed by atoms with Gasteiger partial charge in [-0.15, -0.1) is 0 Å². The number of nitrogens with one attached hydrogen (secondary N) is 1. The van der Waals surface area contributed by atoms with Crippen LogP contribution in [0.15, 0.2) is 30.3 Å². The molecule has 0 saturated carbocycles. The highest BCUT2D eigenvalue weighted by molar-refractivity contribution is 5.84. The second kappa shape index (κ2) is 4.14. The average Bonchev–Trinajstić information content (AvgIpc) is 2.23. The Labute approximate surface area is 91.9 Å². The summed E-state index contributed by atoms with van der Waals surface area (Å²) in [5, 5.41) is 13.2. The van der Waals surface area contributed by atoms with Crippen LogP contribution in [0.4, 0.5) is 5.69 Å². The number of nitro groups is 1. The van der Waals surface area contributed by atoms with Crippen molar-refractivity contribution in [2.75, 3.05) is 0 Å². The number of β-lactam (4-membered cyclic amide) rings is 1. The number of nitrogens with zero attached hydrogens (tertiary/aromatic N) is 1. The molecular formula is C11H10N2O3. The van der Waals surface area contributed by atoms with Crippen LogP contribution < -0.4 is 5.32 Å². The fourth-order valence-corrected chi connectivity index (χ4v) is 1.47. The molecule has 1 saturated heterocycles. The van der Waals surface area contributed by atoms with Crippen LogP contribution in [0.3, 0.4) is 0 Å². The number of nitro benzene ring substituents is 1. The first-order valence-corrected chi connectivity index (χ1v) is 4.87. The van der Waals surface area contributed by atoms with Crippen molar-refractivity contribution in [3.05, 3.63) is 46.0 Å². The van der Waals surface area contributed by atoms with E-state index in [1.165, 1.54) is 12.1 Å². The first-order chi connectivity index (χ1) is 7.65. The second-order valence-corrected chi connectivity index (χ2v) is 3.59. The Hall–Kier alpha value is -2.17. The summed E-state index contributed by atoms with van der Waals surface area (Å²) in [7, 11) is 0. The van der Waals surface area contributed by atoms with Gasteiger partial charge in [0.15, 0.2) is 0 Å². The van der Waals surface area contributed by atoms with Gasteiger partial charge in [-0.2, -0.15) is 0 Å². The van der Waals surface area contributed by atoms with Crippen molar-refractivity contribution in [2.24, 2.45) is 0 Å². The maximum atomic E-state index is 10.6. The van der Waals surface area contributed by atoms with Crippen LogP contribution in [0.2, 0.25) is 0 Å². The lowest BCUT2D eigenvalue weighted by Gasteiger charge is -2.23. The van der Waals surface area contributed by atoms with Gasteiger partial charge in [0.2, 0.25) is 5.91 Å². The third kappa shape index (κ3) is 2.25. The summed E-state index contributed by atoms with van der Waals surface area (Å²) in [6.45, 7) is 0. The SMILES string of the molecule is O=C1CC(/C=C/c2cccc([N+](=O)[O-])c2)N1. The van der Waals surface area contributed by atoms with E-state index in [9.17, 15) is 14.9 Å². The molecule has 5 heteroatoms. The quantitative estimate of drug-likeness (QED) is 0.474. The Bertz CT molecular complexity index is 460. The summed E-state index contributed by atoms with van der Waals surface area (Å²) in [5.41, 5.74) is 0.829. The fraction of sp³-hybridized carbons (Fsp3) is 0.182. The zero-order chi connectivity index (χ0) is 11.5. The van der Waals surface area contributed by atoms with Crippen molar-refractivity contribution >= 4 is 17.7 Å². The summed E-state index contributed by atoms with van der Waals surface area (Å²) < 4.78 is 0. The third-order valence-electron chi connectivity index (χ3n) is 2.35. The van der Waals surface area contributed by atoms with Gasteiger partial charge in [0, 0.05) is 12.1 Å². The highest BCUT2D eigenvalue weighted by Crippen LogP contribution is 2.15. The molecule has 1 unspecified atom stereocenters. The minimum atomic E-state index is -0.428. The number of hydrogen-bond donors (Lipinski definition) is 1. The Kier molecular flexibility index (Phi) is 2.68. The fourth-order valence-electron chi connectivity index (χ4n) is 1.47. The lowest BCUT2D eigenvalue weighted by molar-refractivity contribution is -0.384. The summed E-state index contributed by atoms with van der Waals surface area (Å²) in [6.07, 6.45) is 4.10. The molecule has 0 radical (unpaired) electrons. The van der Waals surface area contributed by atoms with Crippen molar-refractivity contribution in [1.82, 2.24) is 5.32 Å². The maximum absolute atomic E-state index is 10.6. The highest BCUT2D eigenvalue weighted by Gasteiger charge is 2.21. The number of hydrogen-bond acceptors (Lipinski definition) is 3. The molecule has 1 aromatic rings. The predicted octanol–water partition coefficient (Wildman–Crippen LogP) is 1.50. The molecule has 0 bridgehead atoms. The summed E-state index contributed by atoms with van der Waals surface area (Å²) in [6, 6.07) is 6.42. The number of carbonyl (C=O) groups excluding carboxylic acids is 1. The van der Waals surface area contributed by atoms with Crippen LogP contribution in [-0.2, 0) is 4.79 Å². The van der Waals surface area contributed by atoms with E-state index in [0.717, 1.165) is 5.56 Å². The number of amides is 1. The molecule has 1 N–H and O–H groups in total. The maximum Gasteiger partial charge on any atom is 0.270 e. The molecule has 0 aromatic heterocycles. The Morgan fingerprint density at radius 2 is 2.25 bits per heavy atom. The molecule has 0 spiro atoms. The monoisotopic (exact) mass is 218 g/mol. The van der Waals surface area contributed by atoms with Gasteiger partial charge in [-0.1, -0.05) is 24.3 Å². The average molecular weight is 218 g/mol. The minimum Gasteiger partial charge on any atom is -0.349 e. The van der Waals surface area contributed by atoms with Gasteiger partial charge >= 0.3 is 0 Å². The molecule has 82 valence electrons. The van der Waals surface area contributed by atoms with E-state index >= 15 is 0 Å². The predicted molar refractivity (Wildman–Crippen MR) is 58.7 cm³/mol. The summed E-state index contributed by atoms with van der Waals surface area (Å²) in [5.74, 6) is 0.0358. The van der Waals surface area contributed by atoms with E-state index in [4.69, 9.17) is 0 Å². The van der Waals surface area contributed by atoms with Gasteiger partial charge in [0.05, 0.1) is 17.4 Å². The zero-order valence-corrected chi connectivity index (χ0v) is 8.42.